The standard InChI is InChI=1S/C18H33ClN2O5S.C2H4O2/c1-5-6-10-7-11(21(3)8-10)17(25)20-12(9(2)19)16-14(23)13(22)15(24)18(26-16)27-4;1-2(3)4/h9-16,18,22-24H,5-8H2,1-4H3,(H,20,25);1H3,(H,3,4)/t9-,10+,11-,12+,13-,14+,15+,16+,18+;/m0./s1. The highest BCUT2D eigenvalue weighted by Crippen LogP contribution is 2.31. The van der Waals surface area contributed by atoms with E-state index < -0.39 is 47.2 Å². The number of thioether (sulfide) groups is 1. The molecule has 2 fully saturated rings. The number of carboxylic acid groups (broad SMARTS) is 1. The van der Waals surface area contributed by atoms with Crippen molar-refractivity contribution in [3.05, 3.63) is 0 Å². The van der Waals surface area contributed by atoms with E-state index in [1.54, 1.807) is 13.2 Å². The minimum atomic E-state index is -1.36. The molecular formula is C20H37ClN2O7S. The number of amides is 1. The second-order valence-corrected chi connectivity index (χ2v) is 9.88. The van der Waals surface area contributed by atoms with Crippen LogP contribution in [0.1, 0.15) is 40.0 Å². The third kappa shape index (κ3) is 8.03. The van der Waals surface area contributed by atoms with Crippen molar-refractivity contribution in [2.45, 2.75) is 87.3 Å². The average molecular weight is 485 g/mol. The second kappa shape index (κ2) is 13.2. The first-order chi connectivity index (χ1) is 14.4. The first-order valence-electron chi connectivity index (χ1n) is 10.5. The van der Waals surface area contributed by atoms with Crippen molar-refractivity contribution >= 4 is 35.2 Å². The fourth-order valence-electron chi connectivity index (χ4n) is 4.11. The number of carbonyl (C=O) groups excluding carboxylic acids is 1. The molecular weight excluding hydrogens is 448 g/mol. The largest absolute Gasteiger partial charge is 0.481 e. The van der Waals surface area contributed by atoms with E-state index >= 15 is 0 Å². The fraction of sp³-hybridized carbons (Fsp3) is 0.900. The molecule has 0 aromatic heterocycles. The molecule has 31 heavy (non-hydrogen) atoms. The highest BCUT2D eigenvalue weighted by Gasteiger charge is 2.48. The van der Waals surface area contributed by atoms with Crippen molar-refractivity contribution in [3.8, 4) is 0 Å². The summed E-state index contributed by atoms with van der Waals surface area (Å²) >= 11 is 7.55. The Kier molecular flexibility index (Phi) is 12.1. The quantitative estimate of drug-likeness (QED) is 0.326. The number of rotatable bonds is 7. The molecule has 0 aliphatic carbocycles. The number of carbonyl (C=O) groups is 2. The van der Waals surface area contributed by atoms with Crippen molar-refractivity contribution in [2.75, 3.05) is 19.8 Å². The van der Waals surface area contributed by atoms with Crippen molar-refractivity contribution in [1.82, 2.24) is 10.2 Å². The van der Waals surface area contributed by atoms with Crippen LogP contribution < -0.4 is 5.32 Å². The Bertz CT molecular complexity index is 580. The molecule has 2 heterocycles. The average Bonchev–Trinajstić information content (AvgIpc) is 3.05. The molecule has 182 valence electrons. The van der Waals surface area contributed by atoms with Gasteiger partial charge in [-0.25, -0.2) is 0 Å². The summed E-state index contributed by atoms with van der Waals surface area (Å²) in [6.07, 6.45) is -0.0980. The van der Waals surface area contributed by atoms with Gasteiger partial charge >= 0.3 is 0 Å². The molecule has 9 atom stereocenters. The summed E-state index contributed by atoms with van der Waals surface area (Å²) < 4.78 is 5.79. The van der Waals surface area contributed by atoms with Gasteiger partial charge in [0.25, 0.3) is 5.97 Å². The molecule has 2 aliphatic heterocycles. The lowest BCUT2D eigenvalue weighted by atomic mass is 9.92. The van der Waals surface area contributed by atoms with Crippen LogP contribution in [-0.2, 0) is 14.3 Å². The number of likely N-dealkylation sites (N-methyl/N-ethyl adjacent to an activating group) is 1. The Balaban J connectivity index is 0.00000110. The van der Waals surface area contributed by atoms with Crippen LogP contribution in [0.4, 0.5) is 0 Å². The molecule has 5 N–H and O–H groups in total. The monoisotopic (exact) mass is 484 g/mol. The predicted molar refractivity (Wildman–Crippen MR) is 120 cm³/mol. The van der Waals surface area contributed by atoms with Crippen LogP contribution >= 0.6 is 23.4 Å². The number of alkyl halides is 1. The van der Waals surface area contributed by atoms with Crippen molar-refractivity contribution in [2.24, 2.45) is 5.92 Å². The molecule has 0 radical (unpaired) electrons. The Morgan fingerprint density at radius 1 is 1.26 bits per heavy atom. The van der Waals surface area contributed by atoms with E-state index in [0.29, 0.717) is 5.92 Å². The number of ether oxygens (including phenoxy) is 1. The maximum absolute atomic E-state index is 12.9. The SMILES string of the molecule is CC(=O)O.CCC[C@@H]1C[C@@H](C(=O)N[C@@H]([C@H]2O[C@H](SC)[C@H](O)[C@@H](O)[C@H]2O)[C@H](C)Cl)N(C)C1. The Morgan fingerprint density at radius 2 is 1.84 bits per heavy atom. The highest BCUT2D eigenvalue weighted by molar-refractivity contribution is 7.99. The molecule has 0 bridgehead atoms. The molecule has 2 aliphatic rings. The lowest BCUT2D eigenvalue weighted by molar-refractivity contribution is -0.205. The normalized spacial score (nSPS) is 35.6. The van der Waals surface area contributed by atoms with E-state index in [2.05, 4.69) is 12.2 Å². The number of hydrogen-bond acceptors (Lipinski definition) is 8. The van der Waals surface area contributed by atoms with E-state index in [-0.39, 0.29) is 11.9 Å². The van der Waals surface area contributed by atoms with Gasteiger partial charge in [0.15, 0.2) is 0 Å². The number of halogens is 1. The maximum Gasteiger partial charge on any atom is 0.300 e. The van der Waals surface area contributed by atoms with Crippen LogP contribution in [0.3, 0.4) is 0 Å². The molecule has 2 saturated heterocycles. The highest BCUT2D eigenvalue weighted by atomic mass is 35.5. The zero-order chi connectivity index (χ0) is 23.9. The van der Waals surface area contributed by atoms with Gasteiger partial charge in [0.2, 0.25) is 5.91 Å². The summed E-state index contributed by atoms with van der Waals surface area (Å²) in [6, 6.07) is -0.934. The van der Waals surface area contributed by atoms with Gasteiger partial charge < -0.3 is 30.5 Å². The van der Waals surface area contributed by atoms with Crippen LogP contribution in [0.2, 0.25) is 0 Å². The first kappa shape index (κ1) is 28.4. The molecule has 0 aromatic carbocycles. The van der Waals surface area contributed by atoms with Gasteiger partial charge in [-0.3, -0.25) is 14.5 Å². The summed E-state index contributed by atoms with van der Waals surface area (Å²) in [5.74, 6) is -0.484. The summed E-state index contributed by atoms with van der Waals surface area (Å²) in [5.41, 5.74) is -0.702. The zero-order valence-electron chi connectivity index (χ0n) is 18.8. The topological polar surface area (TPSA) is 140 Å². The van der Waals surface area contributed by atoms with Crippen LogP contribution in [0.25, 0.3) is 0 Å². The van der Waals surface area contributed by atoms with Crippen LogP contribution in [0, 0.1) is 5.92 Å². The predicted octanol–water partition coefficient (Wildman–Crippen LogP) is 0.480. The van der Waals surface area contributed by atoms with Crippen molar-refractivity contribution in [3.63, 3.8) is 0 Å². The molecule has 2 rings (SSSR count). The summed E-state index contributed by atoms with van der Waals surface area (Å²) in [4.78, 5) is 23.9. The van der Waals surface area contributed by atoms with E-state index in [4.69, 9.17) is 26.2 Å². The number of aliphatic hydroxyl groups is 3. The van der Waals surface area contributed by atoms with Gasteiger partial charge in [0, 0.05) is 13.5 Å². The Hall–Kier alpha value is -0.620. The van der Waals surface area contributed by atoms with Gasteiger partial charge in [-0.15, -0.1) is 23.4 Å². The number of carboxylic acids is 1. The van der Waals surface area contributed by atoms with Gasteiger partial charge in [-0.1, -0.05) is 13.3 Å². The van der Waals surface area contributed by atoms with Crippen molar-refractivity contribution < 1.29 is 34.8 Å². The molecule has 0 spiro atoms. The van der Waals surface area contributed by atoms with Crippen LogP contribution in [-0.4, -0.2) is 104 Å². The van der Waals surface area contributed by atoms with E-state index in [9.17, 15) is 20.1 Å². The first-order valence-corrected chi connectivity index (χ1v) is 12.2. The minimum absolute atomic E-state index is 0.147. The summed E-state index contributed by atoms with van der Waals surface area (Å²) in [5, 5.41) is 40.4. The summed E-state index contributed by atoms with van der Waals surface area (Å²) in [7, 11) is 1.94. The molecule has 1 amide bonds. The molecule has 0 unspecified atom stereocenters. The number of nitrogens with zero attached hydrogens (tertiary/aromatic N) is 1. The number of aliphatic hydroxyl groups excluding tert-OH is 3. The maximum atomic E-state index is 12.9. The van der Waals surface area contributed by atoms with E-state index in [0.717, 1.165) is 32.7 Å². The minimum Gasteiger partial charge on any atom is -0.481 e. The third-order valence-corrected chi connectivity index (χ3v) is 6.76. The zero-order valence-corrected chi connectivity index (χ0v) is 20.3. The van der Waals surface area contributed by atoms with Gasteiger partial charge in [0.05, 0.1) is 17.5 Å². The Labute approximate surface area is 193 Å². The van der Waals surface area contributed by atoms with Crippen LogP contribution in [0.5, 0.6) is 0 Å². The number of nitrogens with one attached hydrogen (secondary N) is 1. The second-order valence-electron chi connectivity index (χ2n) is 8.25. The lowest BCUT2D eigenvalue weighted by Gasteiger charge is -2.44. The smallest absolute Gasteiger partial charge is 0.300 e. The van der Waals surface area contributed by atoms with Crippen LogP contribution in [0.15, 0.2) is 0 Å². The van der Waals surface area contributed by atoms with Gasteiger partial charge in [-0.05, 0) is 39.0 Å². The number of hydrogen-bond donors (Lipinski definition) is 5. The lowest BCUT2D eigenvalue weighted by Crippen LogP contribution is -2.65. The van der Waals surface area contributed by atoms with E-state index in [1.165, 1.54) is 11.8 Å². The molecule has 9 nitrogen and oxygen atoms in total. The number of aliphatic carboxylic acids is 1. The molecule has 0 aromatic rings. The van der Waals surface area contributed by atoms with Gasteiger partial charge in [-0.2, -0.15) is 0 Å². The summed E-state index contributed by atoms with van der Waals surface area (Å²) in [6.45, 7) is 5.82. The Morgan fingerprint density at radius 3 is 2.32 bits per heavy atom. The van der Waals surface area contributed by atoms with Crippen molar-refractivity contribution in [1.29, 1.82) is 0 Å². The fourth-order valence-corrected chi connectivity index (χ4v) is 5.00. The molecule has 11 heteroatoms. The van der Waals surface area contributed by atoms with Gasteiger partial charge in [0.1, 0.15) is 29.9 Å². The third-order valence-electron chi connectivity index (χ3n) is 5.63. The van der Waals surface area contributed by atoms with E-state index in [1.807, 2.05) is 11.9 Å². The molecule has 0 saturated carbocycles. The number of likely N-dealkylation sites (tertiary alicyclic amines) is 1.